The zero-order valence-electron chi connectivity index (χ0n) is 11.1. The molecule has 1 atom stereocenters. The summed E-state index contributed by atoms with van der Waals surface area (Å²) < 4.78 is 0. The molecule has 2 aromatic rings. The zero-order chi connectivity index (χ0) is 14.9. The third-order valence-electron chi connectivity index (χ3n) is 3.59. The lowest BCUT2D eigenvalue weighted by molar-refractivity contribution is -0.124. The third-order valence-corrected chi connectivity index (χ3v) is 3.84. The number of amides is 3. The molecule has 0 radical (unpaired) electrons. The van der Waals surface area contributed by atoms with E-state index >= 15 is 0 Å². The summed E-state index contributed by atoms with van der Waals surface area (Å²) in [4.78, 5) is 24.0. The Morgan fingerprint density at radius 1 is 0.952 bits per heavy atom. The predicted octanol–water partition coefficient (Wildman–Crippen LogP) is 2.62. The van der Waals surface area contributed by atoms with E-state index in [2.05, 4.69) is 10.6 Å². The van der Waals surface area contributed by atoms with Gasteiger partial charge in [-0.05, 0) is 23.3 Å². The molecular weight excluding hydrogens is 288 g/mol. The van der Waals surface area contributed by atoms with Gasteiger partial charge in [0, 0.05) is 11.4 Å². The van der Waals surface area contributed by atoms with Gasteiger partial charge in [-0.1, -0.05) is 54.1 Å². The number of urea groups is 1. The van der Waals surface area contributed by atoms with E-state index in [-0.39, 0.29) is 5.91 Å². The third kappa shape index (κ3) is 2.50. The molecule has 1 aliphatic rings. The molecule has 0 unspecified atom stereocenters. The van der Waals surface area contributed by atoms with E-state index in [1.807, 2.05) is 42.5 Å². The Labute approximate surface area is 127 Å². The molecule has 2 N–H and O–H groups in total. The van der Waals surface area contributed by atoms with Gasteiger partial charge in [-0.15, -0.1) is 0 Å². The fourth-order valence-corrected chi connectivity index (χ4v) is 2.68. The summed E-state index contributed by atoms with van der Waals surface area (Å²) in [7, 11) is 0. The van der Waals surface area contributed by atoms with Gasteiger partial charge in [-0.3, -0.25) is 10.1 Å². The molecule has 0 aliphatic carbocycles. The topological polar surface area (TPSA) is 58.2 Å². The van der Waals surface area contributed by atoms with Gasteiger partial charge in [0.25, 0.3) is 5.91 Å². The monoisotopic (exact) mass is 300 g/mol. The number of halogens is 1. The second-order valence-electron chi connectivity index (χ2n) is 4.98. The fourth-order valence-electron chi connectivity index (χ4n) is 2.55. The number of nitrogens with one attached hydrogen (secondary N) is 2. The minimum atomic E-state index is -1.08. The molecule has 0 aromatic heterocycles. The van der Waals surface area contributed by atoms with Gasteiger partial charge in [0.05, 0.1) is 0 Å². The van der Waals surface area contributed by atoms with Gasteiger partial charge in [-0.25, -0.2) is 4.79 Å². The van der Waals surface area contributed by atoms with Crippen molar-refractivity contribution in [1.82, 2.24) is 10.6 Å². The normalized spacial score (nSPS) is 21.0. The van der Waals surface area contributed by atoms with Crippen LogP contribution in [0.25, 0.3) is 0 Å². The highest BCUT2D eigenvalue weighted by Crippen LogP contribution is 2.29. The summed E-state index contributed by atoms with van der Waals surface area (Å²) in [6.45, 7) is 0. The lowest BCUT2D eigenvalue weighted by Gasteiger charge is -2.26. The first-order valence-electron chi connectivity index (χ1n) is 6.54. The van der Waals surface area contributed by atoms with Crippen LogP contribution in [-0.4, -0.2) is 11.9 Å². The average molecular weight is 301 g/mol. The Balaban J connectivity index is 2.03. The smallest absolute Gasteiger partial charge is 0.319 e. The number of hydrogen-bond acceptors (Lipinski definition) is 2. The SMILES string of the molecule is O=C1NC(=O)[C@@](Cc2ccc(Cl)cc2)(c2ccccc2)N1. The summed E-state index contributed by atoms with van der Waals surface area (Å²) in [5.74, 6) is -0.339. The van der Waals surface area contributed by atoms with Crippen molar-refractivity contribution in [2.75, 3.05) is 0 Å². The van der Waals surface area contributed by atoms with Gasteiger partial charge < -0.3 is 5.32 Å². The first kappa shape index (κ1) is 13.6. The molecular formula is C16H13ClN2O2. The molecule has 3 amide bonds. The van der Waals surface area contributed by atoms with Crippen LogP contribution in [0, 0.1) is 0 Å². The van der Waals surface area contributed by atoms with E-state index in [1.165, 1.54) is 0 Å². The molecule has 21 heavy (non-hydrogen) atoms. The predicted molar refractivity (Wildman–Crippen MR) is 80.0 cm³/mol. The van der Waals surface area contributed by atoms with Crippen molar-refractivity contribution in [2.45, 2.75) is 12.0 Å². The van der Waals surface area contributed by atoms with Crippen molar-refractivity contribution in [3.63, 3.8) is 0 Å². The van der Waals surface area contributed by atoms with Gasteiger partial charge in [0.15, 0.2) is 5.54 Å². The van der Waals surface area contributed by atoms with Crippen molar-refractivity contribution in [1.29, 1.82) is 0 Å². The molecule has 3 rings (SSSR count). The Kier molecular flexibility index (Phi) is 3.39. The molecule has 0 saturated carbocycles. The van der Waals surface area contributed by atoms with Crippen LogP contribution < -0.4 is 10.6 Å². The van der Waals surface area contributed by atoms with Crippen molar-refractivity contribution < 1.29 is 9.59 Å². The summed E-state index contributed by atoms with van der Waals surface area (Å²) in [5, 5.41) is 5.72. The molecule has 1 fully saturated rings. The average Bonchev–Trinajstić information content (AvgIpc) is 2.77. The molecule has 1 aliphatic heterocycles. The molecule has 2 aromatic carbocycles. The van der Waals surface area contributed by atoms with Crippen LogP contribution >= 0.6 is 11.6 Å². The van der Waals surface area contributed by atoms with E-state index in [0.717, 1.165) is 11.1 Å². The van der Waals surface area contributed by atoms with Crippen LogP contribution in [0.3, 0.4) is 0 Å². The zero-order valence-corrected chi connectivity index (χ0v) is 11.9. The van der Waals surface area contributed by atoms with Gasteiger partial charge in [0.2, 0.25) is 0 Å². The number of imide groups is 1. The summed E-state index contributed by atoms with van der Waals surface area (Å²) in [6.07, 6.45) is 0.367. The number of hydrogen-bond donors (Lipinski definition) is 2. The van der Waals surface area contributed by atoms with E-state index in [9.17, 15) is 9.59 Å². The number of benzene rings is 2. The molecule has 4 nitrogen and oxygen atoms in total. The first-order valence-corrected chi connectivity index (χ1v) is 6.91. The molecule has 0 bridgehead atoms. The first-order chi connectivity index (χ1) is 10.1. The molecule has 1 heterocycles. The minimum absolute atomic E-state index is 0.339. The van der Waals surface area contributed by atoms with E-state index in [4.69, 9.17) is 11.6 Å². The van der Waals surface area contributed by atoms with Gasteiger partial charge in [0.1, 0.15) is 0 Å². The second-order valence-corrected chi connectivity index (χ2v) is 5.42. The number of carbonyl (C=O) groups excluding carboxylic acids is 2. The number of carbonyl (C=O) groups is 2. The Bertz CT molecular complexity index is 685. The summed E-state index contributed by atoms with van der Waals surface area (Å²) >= 11 is 5.88. The quantitative estimate of drug-likeness (QED) is 0.856. The summed E-state index contributed by atoms with van der Waals surface area (Å²) in [5.41, 5.74) is 0.593. The maximum Gasteiger partial charge on any atom is 0.322 e. The van der Waals surface area contributed by atoms with Gasteiger partial charge >= 0.3 is 6.03 Å². The highest BCUT2D eigenvalue weighted by molar-refractivity contribution is 6.30. The molecule has 106 valence electrons. The Morgan fingerprint density at radius 2 is 1.62 bits per heavy atom. The second kappa shape index (κ2) is 5.22. The summed E-state index contributed by atoms with van der Waals surface area (Å²) in [6, 6.07) is 16.0. The Morgan fingerprint density at radius 3 is 2.19 bits per heavy atom. The van der Waals surface area contributed by atoms with Crippen LogP contribution in [0.2, 0.25) is 5.02 Å². The standard InChI is InChI=1S/C16H13ClN2O2/c17-13-8-6-11(7-9-13)10-16(12-4-2-1-3-5-12)14(20)18-15(21)19-16/h1-9H,10H2,(H2,18,19,20,21)/t16-/m1/s1. The minimum Gasteiger partial charge on any atom is -0.319 e. The van der Waals surface area contributed by atoms with Crippen molar-refractivity contribution >= 4 is 23.5 Å². The van der Waals surface area contributed by atoms with E-state index in [0.29, 0.717) is 11.4 Å². The van der Waals surface area contributed by atoms with Crippen molar-refractivity contribution in [3.05, 3.63) is 70.7 Å². The molecule has 1 saturated heterocycles. The largest absolute Gasteiger partial charge is 0.322 e. The maximum absolute atomic E-state index is 12.4. The fraction of sp³-hybridized carbons (Fsp3) is 0.125. The van der Waals surface area contributed by atoms with Crippen LogP contribution in [0.4, 0.5) is 4.79 Å². The van der Waals surface area contributed by atoms with Crippen LogP contribution in [0.5, 0.6) is 0 Å². The lowest BCUT2D eigenvalue weighted by atomic mass is 9.84. The highest BCUT2D eigenvalue weighted by Gasteiger charge is 2.47. The maximum atomic E-state index is 12.4. The highest BCUT2D eigenvalue weighted by atomic mass is 35.5. The van der Waals surface area contributed by atoms with Crippen LogP contribution in [0.15, 0.2) is 54.6 Å². The Hall–Kier alpha value is -2.33. The van der Waals surface area contributed by atoms with Gasteiger partial charge in [-0.2, -0.15) is 0 Å². The molecule has 5 heteroatoms. The van der Waals surface area contributed by atoms with Crippen molar-refractivity contribution in [3.8, 4) is 0 Å². The van der Waals surface area contributed by atoms with E-state index in [1.54, 1.807) is 12.1 Å². The van der Waals surface area contributed by atoms with E-state index < -0.39 is 11.6 Å². The van der Waals surface area contributed by atoms with Crippen molar-refractivity contribution in [2.24, 2.45) is 0 Å². The number of rotatable bonds is 3. The lowest BCUT2D eigenvalue weighted by Crippen LogP contribution is -2.45. The van der Waals surface area contributed by atoms with Crippen LogP contribution in [0.1, 0.15) is 11.1 Å². The van der Waals surface area contributed by atoms with Crippen LogP contribution in [-0.2, 0) is 16.8 Å². The molecule has 0 spiro atoms.